The number of aromatic nitrogens is 3. The molecular weight excluding hydrogens is 206 g/mol. The second-order valence-electron chi connectivity index (χ2n) is 2.86. The highest BCUT2D eigenvalue weighted by Gasteiger charge is 2.32. The van der Waals surface area contributed by atoms with Crippen molar-refractivity contribution in [2.45, 2.75) is 0 Å². The van der Waals surface area contributed by atoms with Gasteiger partial charge in [-0.05, 0) is 9.91 Å². The molecule has 0 unspecified atom stereocenters. The molecule has 0 bridgehead atoms. The van der Waals surface area contributed by atoms with Crippen molar-refractivity contribution < 1.29 is 14.5 Å². The Morgan fingerprint density at radius 3 is 2.80 bits per heavy atom. The molecule has 15 heavy (non-hydrogen) atoms. The minimum absolute atomic E-state index is 0.115. The molecule has 0 saturated carbocycles. The monoisotopic (exact) mass is 213 g/mol. The lowest BCUT2D eigenvalue weighted by molar-refractivity contribution is -0.394. The molecule has 0 spiro atoms. The van der Waals surface area contributed by atoms with Crippen LogP contribution in [0, 0.1) is 10.1 Å². The Morgan fingerprint density at radius 2 is 2.33 bits per heavy atom. The normalized spacial score (nSPS) is 15.5. The Hall–Kier alpha value is -2.19. The van der Waals surface area contributed by atoms with Crippen molar-refractivity contribution in [3.8, 4) is 0 Å². The number of hydrogen-bond acceptors (Lipinski definition) is 6. The lowest BCUT2D eigenvalue weighted by Gasteiger charge is -2.05. The van der Waals surface area contributed by atoms with Crippen LogP contribution in [0.15, 0.2) is 0 Å². The minimum Gasteiger partial charge on any atom is -0.447 e. The summed E-state index contributed by atoms with van der Waals surface area (Å²) >= 11 is 0. The smallest absolute Gasteiger partial charge is 0.447 e. The van der Waals surface area contributed by atoms with Gasteiger partial charge in [-0.2, -0.15) is 4.68 Å². The number of aryl methyl sites for hydroxylation is 1. The van der Waals surface area contributed by atoms with E-state index in [1.54, 1.807) is 0 Å². The molecule has 2 heterocycles. The second-order valence-corrected chi connectivity index (χ2v) is 2.86. The van der Waals surface area contributed by atoms with Gasteiger partial charge in [-0.25, -0.2) is 9.69 Å². The van der Waals surface area contributed by atoms with Crippen LogP contribution in [-0.2, 0) is 11.8 Å². The van der Waals surface area contributed by atoms with E-state index in [0.29, 0.717) is 6.54 Å². The number of nitro groups is 1. The number of carbonyl (C=O) groups is 1. The van der Waals surface area contributed by atoms with E-state index in [1.165, 1.54) is 16.6 Å². The van der Waals surface area contributed by atoms with E-state index in [9.17, 15) is 14.9 Å². The number of rotatable bonds is 2. The number of nitrogens with zero attached hydrogens (tertiary/aromatic N) is 5. The zero-order valence-corrected chi connectivity index (χ0v) is 7.78. The van der Waals surface area contributed by atoms with Crippen molar-refractivity contribution in [1.29, 1.82) is 0 Å². The zero-order valence-electron chi connectivity index (χ0n) is 7.78. The molecule has 1 aliphatic rings. The van der Waals surface area contributed by atoms with Gasteiger partial charge in [0, 0.05) is 12.1 Å². The molecule has 80 valence electrons. The van der Waals surface area contributed by atoms with Crippen molar-refractivity contribution in [1.82, 2.24) is 14.8 Å². The summed E-state index contributed by atoms with van der Waals surface area (Å²) in [5.74, 6) is -0.420. The van der Waals surface area contributed by atoms with E-state index in [4.69, 9.17) is 0 Å². The van der Waals surface area contributed by atoms with Gasteiger partial charge in [0.25, 0.3) is 0 Å². The lowest BCUT2D eigenvalue weighted by Crippen LogP contribution is -2.26. The van der Waals surface area contributed by atoms with Crippen LogP contribution in [-0.4, -0.2) is 38.9 Å². The molecule has 0 radical (unpaired) electrons. The molecule has 0 N–H and O–H groups in total. The van der Waals surface area contributed by atoms with E-state index in [2.05, 4.69) is 14.8 Å². The van der Waals surface area contributed by atoms with E-state index in [1.807, 2.05) is 0 Å². The summed E-state index contributed by atoms with van der Waals surface area (Å²) in [6.45, 7) is 0.571. The van der Waals surface area contributed by atoms with E-state index >= 15 is 0 Å². The third-order valence-electron chi connectivity index (χ3n) is 1.89. The first-order valence-corrected chi connectivity index (χ1v) is 4.09. The molecule has 1 fully saturated rings. The number of anilines is 1. The molecule has 9 heteroatoms. The number of amides is 1. The predicted molar refractivity (Wildman–Crippen MR) is 46.4 cm³/mol. The molecule has 0 aliphatic carbocycles. The molecule has 1 saturated heterocycles. The van der Waals surface area contributed by atoms with Crippen LogP contribution in [0.4, 0.5) is 16.7 Å². The van der Waals surface area contributed by atoms with Crippen LogP contribution in [0.25, 0.3) is 0 Å². The molecule has 2 rings (SSSR count). The summed E-state index contributed by atoms with van der Waals surface area (Å²) in [6, 6.07) is 0. The Labute approximate surface area is 83.4 Å². The molecular formula is C6H7N5O4. The maximum atomic E-state index is 11.2. The Balaban J connectivity index is 2.35. The molecule has 1 aliphatic heterocycles. The minimum atomic E-state index is -0.717. The maximum absolute atomic E-state index is 11.2. The van der Waals surface area contributed by atoms with E-state index in [-0.39, 0.29) is 12.6 Å². The zero-order chi connectivity index (χ0) is 11.0. The fourth-order valence-corrected chi connectivity index (χ4v) is 1.25. The molecule has 0 aromatic carbocycles. The van der Waals surface area contributed by atoms with Crippen LogP contribution >= 0.6 is 0 Å². The van der Waals surface area contributed by atoms with Crippen molar-refractivity contribution in [3.05, 3.63) is 10.1 Å². The lowest BCUT2D eigenvalue weighted by atomic mass is 10.6. The third-order valence-corrected chi connectivity index (χ3v) is 1.89. The van der Waals surface area contributed by atoms with Gasteiger partial charge in [-0.3, -0.25) is 0 Å². The van der Waals surface area contributed by atoms with Crippen molar-refractivity contribution in [3.63, 3.8) is 0 Å². The third kappa shape index (κ3) is 1.47. The van der Waals surface area contributed by atoms with Gasteiger partial charge in [0.05, 0.1) is 6.54 Å². The van der Waals surface area contributed by atoms with Gasteiger partial charge in [0.1, 0.15) is 6.61 Å². The van der Waals surface area contributed by atoms with E-state index < -0.39 is 17.0 Å². The highest BCUT2D eigenvalue weighted by molar-refractivity contribution is 5.87. The van der Waals surface area contributed by atoms with Crippen LogP contribution in [0.5, 0.6) is 0 Å². The van der Waals surface area contributed by atoms with E-state index in [0.717, 1.165) is 0 Å². The summed E-state index contributed by atoms with van der Waals surface area (Å²) in [5, 5.41) is 13.9. The summed E-state index contributed by atoms with van der Waals surface area (Å²) in [5.41, 5.74) is 0. The molecule has 1 amide bonds. The highest BCUT2D eigenvalue weighted by Crippen LogP contribution is 2.17. The quantitative estimate of drug-likeness (QED) is 0.492. The predicted octanol–water partition coefficient (Wildman–Crippen LogP) is -0.320. The van der Waals surface area contributed by atoms with Gasteiger partial charge in [-0.15, -0.1) is 0 Å². The van der Waals surface area contributed by atoms with Crippen LogP contribution in [0.3, 0.4) is 0 Å². The summed E-state index contributed by atoms with van der Waals surface area (Å²) in [7, 11) is 1.47. The number of ether oxygens (including phenoxy) is 1. The van der Waals surface area contributed by atoms with Crippen LogP contribution in [0.2, 0.25) is 0 Å². The van der Waals surface area contributed by atoms with Crippen molar-refractivity contribution in [2.24, 2.45) is 7.05 Å². The SMILES string of the molecule is Cn1nc([N+](=O)[O-])nc1N1CCOC1=O. The molecule has 1 aromatic rings. The standard InChI is InChI=1S/C6H7N5O4/c1-9-5(7-4(8-9)11(13)14)10-2-3-15-6(10)12/h2-3H2,1H3. The van der Waals surface area contributed by atoms with Gasteiger partial charge < -0.3 is 14.9 Å². The van der Waals surface area contributed by atoms with Gasteiger partial charge >= 0.3 is 18.0 Å². The summed E-state index contributed by atoms with van der Waals surface area (Å²) in [4.78, 5) is 25.7. The fraction of sp³-hybridized carbons (Fsp3) is 0.500. The largest absolute Gasteiger partial charge is 0.493 e. The van der Waals surface area contributed by atoms with Gasteiger partial charge in [-0.1, -0.05) is 0 Å². The summed E-state index contributed by atoms with van der Waals surface area (Å²) in [6.07, 6.45) is -0.569. The Morgan fingerprint density at radius 1 is 1.60 bits per heavy atom. The first-order valence-electron chi connectivity index (χ1n) is 4.09. The van der Waals surface area contributed by atoms with Crippen molar-refractivity contribution in [2.75, 3.05) is 18.1 Å². The fourth-order valence-electron chi connectivity index (χ4n) is 1.25. The van der Waals surface area contributed by atoms with Gasteiger partial charge in [0.2, 0.25) is 0 Å². The number of cyclic esters (lactones) is 1. The Bertz CT molecular complexity index is 427. The van der Waals surface area contributed by atoms with Gasteiger partial charge in [0.15, 0.2) is 0 Å². The first-order chi connectivity index (χ1) is 7.09. The maximum Gasteiger partial charge on any atom is 0.493 e. The first kappa shape index (κ1) is 9.37. The Kier molecular flexibility index (Phi) is 1.99. The summed E-state index contributed by atoms with van der Waals surface area (Å²) < 4.78 is 5.85. The molecule has 9 nitrogen and oxygen atoms in total. The second kappa shape index (κ2) is 3.19. The average Bonchev–Trinajstić information content (AvgIpc) is 2.71. The highest BCUT2D eigenvalue weighted by atomic mass is 16.6. The van der Waals surface area contributed by atoms with Crippen LogP contribution in [0.1, 0.15) is 0 Å². The van der Waals surface area contributed by atoms with Crippen molar-refractivity contribution >= 4 is 18.0 Å². The topological polar surface area (TPSA) is 103 Å². The number of hydrogen-bond donors (Lipinski definition) is 0. The average molecular weight is 213 g/mol. The number of carbonyl (C=O) groups excluding carboxylic acids is 1. The molecule has 0 atom stereocenters. The molecule has 1 aromatic heterocycles. The van der Waals surface area contributed by atoms with Crippen LogP contribution < -0.4 is 4.90 Å².